The lowest BCUT2D eigenvalue weighted by Gasteiger charge is -2.13. The number of hydrogen-bond acceptors (Lipinski definition) is 2. The number of aromatic nitrogens is 4. The molecule has 0 aliphatic rings. The van der Waals surface area contributed by atoms with Gasteiger partial charge in [-0.15, -0.1) is 0 Å². The first-order valence-electron chi connectivity index (χ1n) is 18.2. The van der Waals surface area contributed by atoms with E-state index in [9.17, 15) is 0 Å². The first-order valence-corrected chi connectivity index (χ1v) is 18.2. The number of fused-ring (bicyclic) bond motifs is 2. The zero-order valence-corrected chi connectivity index (χ0v) is 29.4. The summed E-state index contributed by atoms with van der Waals surface area (Å²) in [5.74, 6) is 0.925. The molecule has 3 aromatic heterocycles. The predicted molar refractivity (Wildman–Crippen MR) is 222 cm³/mol. The van der Waals surface area contributed by atoms with Crippen molar-refractivity contribution in [1.29, 1.82) is 0 Å². The van der Waals surface area contributed by atoms with Crippen LogP contribution in [0.2, 0.25) is 0 Å². The fraction of sp³-hybridized carbons (Fsp3) is 0. The standard InChI is InChI=1S/C50H34N4/c1-4-14-35(15-5-1)41-32-42(36-23-27-39(28-24-36)49-48(38-16-6-2-7-17-38)52-47-22-12-13-31-53(47)49)34-43(33-41)37-25-29-40(30-26-37)50-51-45-20-10-11-21-46(45)54(50)44-18-8-3-9-19-44/h1-34H. The Balaban J connectivity index is 1.05. The Labute approximate surface area is 313 Å². The van der Waals surface area contributed by atoms with Crippen molar-refractivity contribution in [3.05, 3.63) is 206 Å². The summed E-state index contributed by atoms with van der Waals surface area (Å²) in [5, 5.41) is 0. The molecule has 0 aliphatic heterocycles. The summed E-state index contributed by atoms with van der Waals surface area (Å²) in [5.41, 5.74) is 16.4. The molecule has 0 bridgehead atoms. The molecule has 7 aromatic carbocycles. The number of rotatable bonds is 7. The van der Waals surface area contributed by atoms with Crippen LogP contribution in [0.3, 0.4) is 0 Å². The average Bonchev–Trinajstić information content (AvgIpc) is 3.84. The molecule has 54 heavy (non-hydrogen) atoms. The van der Waals surface area contributed by atoms with E-state index in [1.54, 1.807) is 0 Å². The summed E-state index contributed by atoms with van der Waals surface area (Å²) >= 11 is 0. The Kier molecular flexibility index (Phi) is 7.77. The van der Waals surface area contributed by atoms with E-state index in [1.165, 1.54) is 11.1 Å². The second-order valence-corrected chi connectivity index (χ2v) is 13.5. The molecule has 0 amide bonds. The van der Waals surface area contributed by atoms with Gasteiger partial charge in [0.15, 0.2) is 0 Å². The predicted octanol–water partition coefficient (Wildman–Crippen LogP) is 12.7. The number of nitrogens with zero attached hydrogens (tertiary/aromatic N) is 4. The summed E-state index contributed by atoms with van der Waals surface area (Å²) in [4.78, 5) is 10.1. The van der Waals surface area contributed by atoms with Gasteiger partial charge in [0.25, 0.3) is 0 Å². The van der Waals surface area contributed by atoms with Crippen molar-refractivity contribution in [1.82, 2.24) is 18.9 Å². The lowest BCUT2D eigenvalue weighted by molar-refractivity contribution is 1.10. The van der Waals surface area contributed by atoms with Crippen LogP contribution in [-0.4, -0.2) is 18.9 Å². The molecule has 0 aliphatic carbocycles. The van der Waals surface area contributed by atoms with Crippen molar-refractivity contribution in [2.45, 2.75) is 0 Å². The number of pyridine rings is 1. The molecule has 254 valence electrons. The van der Waals surface area contributed by atoms with Crippen molar-refractivity contribution in [2.24, 2.45) is 0 Å². The van der Waals surface area contributed by atoms with Crippen molar-refractivity contribution >= 4 is 16.7 Å². The minimum Gasteiger partial charge on any atom is -0.299 e. The zero-order chi connectivity index (χ0) is 35.8. The second-order valence-electron chi connectivity index (χ2n) is 13.5. The van der Waals surface area contributed by atoms with Crippen molar-refractivity contribution in [3.8, 4) is 73.0 Å². The molecular weight excluding hydrogens is 657 g/mol. The van der Waals surface area contributed by atoms with Gasteiger partial charge in [0.1, 0.15) is 11.5 Å². The molecule has 0 N–H and O–H groups in total. The maximum Gasteiger partial charge on any atom is 0.145 e. The molecular formula is C50H34N4. The molecule has 4 heteroatoms. The highest BCUT2D eigenvalue weighted by atomic mass is 15.1. The largest absolute Gasteiger partial charge is 0.299 e. The molecule has 0 radical (unpaired) electrons. The van der Waals surface area contributed by atoms with E-state index in [0.29, 0.717) is 0 Å². The minimum absolute atomic E-state index is 0.925. The van der Waals surface area contributed by atoms with E-state index in [0.717, 1.165) is 78.5 Å². The van der Waals surface area contributed by atoms with Gasteiger partial charge in [-0.2, -0.15) is 0 Å². The van der Waals surface area contributed by atoms with Crippen LogP contribution in [0.4, 0.5) is 0 Å². The molecule has 0 unspecified atom stereocenters. The maximum absolute atomic E-state index is 5.09. The highest BCUT2D eigenvalue weighted by Gasteiger charge is 2.17. The lowest BCUT2D eigenvalue weighted by atomic mass is 9.92. The van der Waals surface area contributed by atoms with E-state index >= 15 is 0 Å². The van der Waals surface area contributed by atoms with Crippen LogP contribution in [0, 0.1) is 0 Å². The molecule has 0 saturated carbocycles. The Bertz CT molecular complexity index is 2890. The monoisotopic (exact) mass is 690 g/mol. The Hall–Kier alpha value is -7.30. The van der Waals surface area contributed by atoms with E-state index in [1.807, 2.05) is 24.3 Å². The molecule has 10 aromatic rings. The average molecular weight is 691 g/mol. The summed E-state index contributed by atoms with van der Waals surface area (Å²) in [6, 6.07) is 70.7. The van der Waals surface area contributed by atoms with Gasteiger partial charge in [-0.05, 0) is 88.0 Å². The fourth-order valence-corrected chi connectivity index (χ4v) is 7.52. The van der Waals surface area contributed by atoms with E-state index in [2.05, 4.69) is 191 Å². The summed E-state index contributed by atoms with van der Waals surface area (Å²) < 4.78 is 4.43. The maximum atomic E-state index is 5.09. The van der Waals surface area contributed by atoms with Gasteiger partial charge >= 0.3 is 0 Å². The van der Waals surface area contributed by atoms with Crippen LogP contribution in [0.15, 0.2) is 206 Å². The van der Waals surface area contributed by atoms with Crippen molar-refractivity contribution in [2.75, 3.05) is 0 Å². The normalized spacial score (nSPS) is 11.3. The number of para-hydroxylation sites is 3. The minimum atomic E-state index is 0.925. The van der Waals surface area contributed by atoms with E-state index in [4.69, 9.17) is 9.97 Å². The third-order valence-electron chi connectivity index (χ3n) is 10.2. The van der Waals surface area contributed by atoms with Gasteiger partial charge in [-0.25, -0.2) is 9.97 Å². The number of hydrogen-bond donors (Lipinski definition) is 0. The van der Waals surface area contributed by atoms with Gasteiger partial charge in [-0.1, -0.05) is 146 Å². The highest BCUT2D eigenvalue weighted by molar-refractivity contribution is 5.87. The van der Waals surface area contributed by atoms with Gasteiger partial charge in [0, 0.05) is 28.6 Å². The SMILES string of the molecule is c1ccc(-c2cc(-c3ccc(-c4nc5ccccc5n4-c4ccccc4)cc3)cc(-c3ccc(-c4c(-c5ccccc5)nc5ccccn45)cc3)c2)cc1. The van der Waals surface area contributed by atoms with Gasteiger partial charge in [0.2, 0.25) is 0 Å². The highest BCUT2D eigenvalue weighted by Crippen LogP contribution is 2.37. The Morgan fingerprint density at radius 1 is 0.352 bits per heavy atom. The van der Waals surface area contributed by atoms with E-state index in [-0.39, 0.29) is 0 Å². The zero-order valence-electron chi connectivity index (χ0n) is 29.4. The van der Waals surface area contributed by atoms with Crippen LogP contribution in [0.25, 0.3) is 89.7 Å². The van der Waals surface area contributed by atoms with Gasteiger partial charge < -0.3 is 0 Å². The van der Waals surface area contributed by atoms with Crippen LogP contribution in [0.5, 0.6) is 0 Å². The van der Waals surface area contributed by atoms with Gasteiger partial charge in [-0.3, -0.25) is 8.97 Å². The van der Waals surface area contributed by atoms with Crippen LogP contribution in [-0.2, 0) is 0 Å². The van der Waals surface area contributed by atoms with Crippen LogP contribution < -0.4 is 0 Å². The fourth-order valence-electron chi connectivity index (χ4n) is 7.52. The first kappa shape index (κ1) is 31.4. The van der Waals surface area contributed by atoms with Crippen molar-refractivity contribution < 1.29 is 0 Å². The molecule has 3 heterocycles. The van der Waals surface area contributed by atoms with Crippen LogP contribution >= 0.6 is 0 Å². The Morgan fingerprint density at radius 2 is 0.852 bits per heavy atom. The topological polar surface area (TPSA) is 35.1 Å². The first-order chi connectivity index (χ1) is 26.8. The lowest BCUT2D eigenvalue weighted by Crippen LogP contribution is -1.97. The quantitative estimate of drug-likeness (QED) is 0.167. The summed E-state index contributed by atoms with van der Waals surface area (Å²) in [6.07, 6.45) is 2.09. The molecule has 0 fully saturated rings. The molecule has 0 spiro atoms. The smallest absolute Gasteiger partial charge is 0.145 e. The molecule has 0 atom stereocenters. The summed E-state index contributed by atoms with van der Waals surface area (Å²) in [6.45, 7) is 0. The third-order valence-corrected chi connectivity index (χ3v) is 10.2. The Morgan fingerprint density at radius 3 is 1.50 bits per heavy atom. The third kappa shape index (κ3) is 5.67. The van der Waals surface area contributed by atoms with Crippen LogP contribution in [0.1, 0.15) is 0 Å². The molecule has 10 rings (SSSR count). The second kappa shape index (κ2) is 13.4. The van der Waals surface area contributed by atoms with E-state index < -0.39 is 0 Å². The number of imidazole rings is 2. The molecule has 0 saturated heterocycles. The van der Waals surface area contributed by atoms with Crippen molar-refractivity contribution in [3.63, 3.8) is 0 Å². The van der Waals surface area contributed by atoms with Gasteiger partial charge in [0.05, 0.1) is 22.4 Å². The molecule has 4 nitrogen and oxygen atoms in total. The number of benzene rings is 7. The summed E-state index contributed by atoms with van der Waals surface area (Å²) in [7, 11) is 0.